The maximum absolute atomic E-state index is 12.2. The summed E-state index contributed by atoms with van der Waals surface area (Å²) < 4.78 is 0.701. The van der Waals surface area contributed by atoms with E-state index in [0.29, 0.717) is 38.1 Å². The molecule has 0 spiro atoms. The van der Waals surface area contributed by atoms with Gasteiger partial charge in [0.2, 0.25) is 0 Å². The van der Waals surface area contributed by atoms with Crippen LogP contribution in [0.15, 0.2) is 34.9 Å². The van der Waals surface area contributed by atoms with Crippen LogP contribution >= 0.6 is 39.1 Å². The summed E-state index contributed by atoms with van der Waals surface area (Å²) in [5, 5.41) is 6.76. The molecule has 0 aliphatic rings. The quantitative estimate of drug-likeness (QED) is 0.788. The van der Waals surface area contributed by atoms with E-state index >= 15 is 0 Å². The molecule has 2 aromatic rings. The molecule has 7 heteroatoms. The number of carbonyl (C=O) groups excluding carboxylic acids is 1. The van der Waals surface area contributed by atoms with Crippen molar-refractivity contribution in [1.29, 1.82) is 0 Å². The molecule has 110 valence electrons. The topological polar surface area (TPSA) is 54.0 Å². The van der Waals surface area contributed by atoms with Crippen LogP contribution in [-0.2, 0) is 0 Å². The molecule has 2 N–H and O–H groups in total. The minimum absolute atomic E-state index is 0.296. The normalized spacial score (nSPS) is 10.3. The fourth-order valence-corrected chi connectivity index (χ4v) is 2.66. The number of benzene rings is 1. The second-order valence-corrected chi connectivity index (χ2v) is 5.86. The number of nitrogens with one attached hydrogen (secondary N) is 2. The average molecular weight is 389 g/mol. The lowest BCUT2D eigenvalue weighted by atomic mass is 10.2. The largest absolute Gasteiger partial charge is 0.369 e. The number of nitrogens with zero attached hydrogens (tertiary/aromatic N) is 1. The molecule has 1 aromatic heterocycles. The van der Waals surface area contributed by atoms with Crippen molar-refractivity contribution in [3.05, 3.63) is 50.5 Å². The van der Waals surface area contributed by atoms with E-state index in [9.17, 15) is 4.79 Å². The molecule has 1 heterocycles. The van der Waals surface area contributed by atoms with Crippen molar-refractivity contribution >= 4 is 56.5 Å². The van der Waals surface area contributed by atoms with Gasteiger partial charge >= 0.3 is 0 Å². The first-order valence-corrected chi connectivity index (χ1v) is 7.72. The van der Waals surface area contributed by atoms with Crippen molar-refractivity contribution in [1.82, 2.24) is 4.98 Å². The maximum atomic E-state index is 12.2. The Balaban J connectivity index is 2.18. The van der Waals surface area contributed by atoms with E-state index in [1.165, 1.54) is 6.20 Å². The molecule has 0 saturated carbocycles. The van der Waals surface area contributed by atoms with Gasteiger partial charge in [-0.1, -0.05) is 23.2 Å². The van der Waals surface area contributed by atoms with E-state index in [0.717, 1.165) is 0 Å². The highest BCUT2D eigenvalue weighted by Gasteiger charge is 2.11. The molecule has 21 heavy (non-hydrogen) atoms. The molecule has 1 aromatic carbocycles. The summed E-state index contributed by atoms with van der Waals surface area (Å²) >= 11 is 15.3. The monoisotopic (exact) mass is 387 g/mol. The van der Waals surface area contributed by atoms with Crippen LogP contribution in [0.2, 0.25) is 10.0 Å². The molecule has 0 aliphatic carbocycles. The first-order valence-electron chi connectivity index (χ1n) is 6.17. The molecular formula is C14H12BrCl2N3O. The van der Waals surface area contributed by atoms with Gasteiger partial charge in [0, 0.05) is 22.2 Å². The SMILES string of the molecule is CCNc1ncc(C(=O)Nc2ccc(Cl)cc2Br)cc1Cl. The van der Waals surface area contributed by atoms with Crippen LogP contribution in [0.3, 0.4) is 0 Å². The molecule has 0 unspecified atom stereocenters. The molecular weight excluding hydrogens is 377 g/mol. The van der Waals surface area contributed by atoms with Gasteiger partial charge in [-0.25, -0.2) is 4.98 Å². The number of hydrogen-bond donors (Lipinski definition) is 2. The summed E-state index contributed by atoms with van der Waals surface area (Å²) in [7, 11) is 0. The van der Waals surface area contributed by atoms with Crippen LogP contribution in [0.5, 0.6) is 0 Å². The summed E-state index contributed by atoms with van der Waals surface area (Å²) in [6.07, 6.45) is 1.48. The second-order valence-electron chi connectivity index (χ2n) is 4.16. The van der Waals surface area contributed by atoms with Crippen molar-refractivity contribution in [2.24, 2.45) is 0 Å². The van der Waals surface area contributed by atoms with Gasteiger partial charge in [-0.15, -0.1) is 0 Å². The summed E-state index contributed by atoms with van der Waals surface area (Å²) in [6.45, 7) is 2.65. The number of rotatable bonds is 4. The third-order valence-corrected chi connectivity index (χ3v) is 3.81. The van der Waals surface area contributed by atoms with Crippen molar-refractivity contribution in [2.45, 2.75) is 6.92 Å². The van der Waals surface area contributed by atoms with Gasteiger partial charge in [-0.05, 0) is 47.1 Å². The van der Waals surface area contributed by atoms with Crippen LogP contribution in [0.1, 0.15) is 17.3 Å². The van der Waals surface area contributed by atoms with Crippen molar-refractivity contribution in [3.8, 4) is 0 Å². The Hall–Kier alpha value is -1.30. The number of carbonyl (C=O) groups is 1. The Morgan fingerprint density at radius 1 is 1.33 bits per heavy atom. The summed E-state index contributed by atoms with van der Waals surface area (Å²) in [5.41, 5.74) is 1.000. The summed E-state index contributed by atoms with van der Waals surface area (Å²) in [4.78, 5) is 16.3. The van der Waals surface area contributed by atoms with E-state index in [2.05, 4.69) is 31.5 Å². The highest BCUT2D eigenvalue weighted by atomic mass is 79.9. The Morgan fingerprint density at radius 3 is 2.71 bits per heavy atom. The molecule has 0 atom stereocenters. The van der Waals surface area contributed by atoms with Crippen LogP contribution in [0, 0.1) is 0 Å². The number of hydrogen-bond acceptors (Lipinski definition) is 3. The Kier molecular flexibility index (Phi) is 5.45. The maximum Gasteiger partial charge on any atom is 0.257 e. The van der Waals surface area contributed by atoms with Gasteiger partial charge in [-0.3, -0.25) is 4.79 Å². The number of amides is 1. The number of pyridine rings is 1. The third kappa shape index (κ3) is 4.09. The smallest absolute Gasteiger partial charge is 0.257 e. The molecule has 0 fully saturated rings. The lowest BCUT2D eigenvalue weighted by Gasteiger charge is -2.09. The molecule has 0 bridgehead atoms. The Morgan fingerprint density at radius 2 is 2.10 bits per heavy atom. The van der Waals surface area contributed by atoms with Crippen LogP contribution in [0.25, 0.3) is 0 Å². The van der Waals surface area contributed by atoms with E-state index in [1.807, 2.05) is 6.92 Å². The first kappa shape index (κ1) is 16.1. The zero-order chi connectivity index (χ0) is 15.4. The van der Waals surface area contributed by atoms with Gasteiger partial charge in [0.15, 0.2) is 0 Å². The molecule has 4 nitrogen and oxygen atoms in total. The van der Waals surface area contributed by atoms with E-state index in [-0.39, 0.29) is 5.91 Å². The zero-order valence-corrected chi connectivity index (χ0v) is 14.2. The van der Waals surface area contributed by atoms with E-state index in [4.69, 9.17) is 23.2 Å². The van der Waals surface area contributed by atoms with Gasteiger partial charge in [0.25, 0.3) is 5.91 Å². The predicted octanol–water partition coefficient (Wildman–Crippen LogP) is 4.84. The van der Waals surface area contributed by atoms with Gasteiger partial charge in [0.1, 0.15) is 5.82 Å². The van der Waals surface area contributed by atoms with Crippen LogP contribution in [0.4, 0.5) is 11.5 Å². The van der Waals surface area contributed by atoms with E-state index < -0.39 is 0 Å². The standard InChI is InChI=1S/C14H12BrCl2N3O/c1-2-18-13-11(17)5-8(7-19-13)14(21)20-12-4-3-9(16)6-10(12)15/h3-7H,2H2,1H3,(H,18,19)(H,20,21). The van der Waals surface area contributed by atoms with Crippen molar-refractivity contribution in [2.75, 3.05) is 17.2 Å². The van der Waals surface area contributed by atoms with Gasteiger partial charge < -0.3 is 10.6 Å². The average Bonchev–Trinajstić information content (AvgIpc) is 2.44. The highest BCUT2D eigenvalue weighted by molar-refractivity contribution is 9.10. The number of anilines is 2. The predicted molar refractivity (Wildman–Crippen MR) is 90.5 cm³/mol. The van der Waals surface area contributed by atoms with Crippen molar-refractivity contribution < 1.29 is 4.79 Å². The molecule has 0 radical (unpaired) electrons. The lowest BCUT2D eigenvalue weighted by Crippen LogP contribution is -2.13. The minimum atomic E-state index is -0.296. The minimum Gasteiger partial charge on any atom is -0.369 e. The van der Waals surface area contributed by atoms with Gasteiger partial charge in [-0.2, -0.15) is 0 Å². The fraction of sp³-hybridized carbons (Fsp3) is 0.143. The molecule has 0 aliphatic heterocycles. The summed E-state index contributed by atoms with van der Waals surface area (Å²) in [6, 6.07) is 6.69. The van der Waals surface area contributed by atoms with Crippen LogP contribution in [-0.4, -0.2) is 17.4 Å². The first-order chi connectivity index (χ1) is 10.0. The molecule has 0 saturated heterocycles. The number of aromatic nitrogens is 1. The van der Waals surface area contributed by atoms with Gasteiger partial charge in [0.05, 0.1) is 16.3 Å². The third-order valence-electron chi connectivity index (χ3n) is 2.63. The molecule has 2 rings (SSSR count). The Bertz CT molecular complexity index is 679. The Labute approximate surface area is 141 Å². The lowest BCUT2D eigenvalue weighted by molar-refractivity contribution is 0.102. The number of halogens is 3. The summed E-state index contributed by atoms with van der Waals surface area (Å²) in [5.74, 6) is 0.263. The highest BCUT2D eigenvalue weighted by Crippen LogP contribution is 2.27. The zero-order valence-electron chi connectivity index (χ0n) is 11.1. The van der Waals surface area contributed by atoms with E-state index in [1.54, 1.807) is 24.3 Å². The van der Waals surface area contributed by atoms with Crippen LogP contribution < -0.4 is 10.6 Å². The fourth-order valence-electron chi connectivity index (χ4n) is 1.64. The van der Waals surface area contributed by atoms with Crippen molar-refractivity contribution in [3.63, 3.8) is 0 Å². The molecule has 1 amide bonds. The second kappa shape index (κ2) is 7.11.